The Bertz CT molecular complexity index is 1220. The fraction of sp³-hybridized carbons (Fsp3) is 0.348. The predicted octanol–water partition coefficient (Wildman–Crippen LogP) is 5.14. The molecule has 3 aromatic rings. The van der Waals surface area contributed by atoms with Crippen LogP contribution < -0.4 is 14.8 Å². The Hall–Kier alpha value is -3.27. The summed E-state index contributed by atoms with van der Waals surface area (Å²) in [4.78, 5) is 12.3. The molecule has 2 bridgehead atoms. The van der Waals surface area contributed by atoms with Crippen molar-refractivity contribution in [1.29, 1.82) is 0 Å². The zero-order chi connectivity index (χ0) is 24.1. The van der Waals surface area contributed by atoms with Gasteiger partial charge in [-0.1, -0.05) is 16.7 Å². The second-order valence-electron chi connectivity index (χ2n) is 8.89. The van der Waals surface area contributed by atoms with Gasteiger partial charge < -0.3 is 19.2 Å². The van der Waals surface area contributed by atoms with Crippen LogP contribution in [0.15, 0.2) is 46.9 Å². The molecule has 0 unspecified atom stereocenters. The van der Waals surface area contributed by atoms with E-state index in [2.05, 4.69) is 15.5 Å². The second kappa shape index (κ2) is 7.90. The Morgan fingerprint density at radius 2 is 1.82 bits per heavy atom. The number of amides is 1. The first-order chi connectivity index (χ1) is 16.1. The summed E-state index contributed by atoms with van der Waals surface area (Å²) in [6, 6.07) is 9.31. The van der Waals surface area contributed by atoms with Gasteiger partial charge >= 0.3 is 6.08 Å². The van der Waals surface area contributed by atoms with E-state index in [1.54, 1.807) is 0 Å². The monoisotopic (exact) mass is 493 g/mol. The highest BCUT2D eigenvalue weighted by atomic mass is 35.5. The molecule has 11 heteroatoms. The highest BCUT2D eigenvalue weighted by Crippen LogP contribution is 2.67. The van der Waals surface area contributed by atoms with E-state index in [-0.39, 0.29) is 45.9 Å². The number of hydrogen-bond donors (Lipinski definition) is 1. The molecule has 1 amide bonds. The van der Waals surface area contributed by atoms with E-state index in [1.807, 2.05) is 0 Å². The van der Waals surface area contributed by atoms with Gasteiger partial charge in [-0.05, 0) is 55.7 Å². The Morgan fingerprint density at radius 1 is 1.15 bits per heavy atom. The zero-order valence-electron chi connectivity index (χ0n) is 17.9. The lowest BCUT2D eigenvalue weighted by molar-refractivity contribution is -0.143. The summed E-state index contributed by atoms with van der Waals surface area (Å²) in [6.45, 7) is 0.567. The minimum atomic E-state index is -2.94. The average Bonchev–Trinajstić information content (AvgIpc) is 3.18. The Balaban J connectivity index is 1.12. The van der Waals surface area contributed by atoms with Gasteiger partial charge in [0.1, 0.15) is 17.3 Å². The summed E-state index contributed by atoms with van der Waals surface area (Å²) >= 11 is 5.63. The van der Waals surface area contributed by atoms with Gasteiger partial charge in [0.2, 0.25) is 5.89 Å². The van der Waals surface area contributed by atoms with Gasteiger partial charge in [0.25, 0.3) is 11.8 Å². The van der Waals surface area contributed by atoms with E-state index in [0.29, 0.717) is 30.9 Å². The van der Waals surface area contributed by atoms with Gasteiger partial charge in [-0.25, -0.2) is 13.2 Å². The van der Waals surface area contributed by atoms with Crippen LogP contribution in [0.5, 0.6) is 17.6 Å². The molecule has 3 aliphatic carbocycles. The third-order valence-electron chi connectivity index (χ3n) is 6.12. The van der Waals surface area contributed by atoms with Crippen LogP contribution >= 0.6 is 11.6 Å². The van der Waals surface area contributed by atoms with Crippen molar-refractivity contribution in [3.05, 3.63) is 64.8 Å². The Kier molecular flexibility index (Phi) is 5.23. The molecule has 178 valence electrons. The number of benzene rings is 2. The van der Waals surface area contributed by atoms with Gasteiger partial charge in [0.15, 0.2) is 6.61 Å². The molecule has 2 aromatic carbocycles. The fourth-order valence-electron chi connectivity index (χ4n) is 4.58. The van der Waals surface area contributed by atoms with Crippen LogP contribution in [-0.2, 0) is 16.1 Å². The molecule has 1 heterocycles. The van der Waals surface area contributed by atoms with Gasteiger partial charge in [-0.3, -0.25) is 4.79 Å². The van der Waals surface area contributed by atoms with E-state index in [0.717, 1.165) is 13.0 Å². The molecule has 7 nitrogen and oxygen atoms in total. The average molecular weight is 494 g/mol. The minimum absolute atomic E-state index is 0.0235. The highest BCUT2D eigenvalue weighted by molar-refractivity contribution is 6.30. The fourth-order valence-corrected chi connectivity index (χ4v) is 4.69. The summed E-state index contributed by atoms with van der Waals surface area (Å²) < 4.78 is 56.5. The molecular weight excluding hydrogens is 475 g/mol. The number of alkyl halides is 2. The van der Waals surface area contributed by atoms with Crippen molar-refractivity contribution in [1.82, 2.24) is 15.5 Å². The molecule has 0 saturated heterocycles. The van der Waals surface area contributed by atoms with Crippen LogP contribution in [0.1, 0.15) is 37.6 Å². The highest BCUT2D eigenvalue weighted by Gasteiger charge is 2.71. The molecule has 1 aromatic heterocycles. The van der Waals surface area contributed by atoms with Crippen LogP contribution in [-0.4, -0.2) is 28.3 Å². The van der Waals surface area contributed by atoms with Crippen LogP contribution in [0.25, 0.3) is 0 Å². The number of hydrogen-bond acceptors (Lipinski definition) is 6. The normalized spacial score (nSPS) is 23.0. The summed E-state index contributed by atoms with van der Waals surface area (Å²) in [5.41, 5.74) is -0.809. The molecule has 0 spiro atoms. The molecule has 34 heavy (non-hydrogen) atoms. The van der Waals surface area contributed by atoms with Crippen molar-refractivity contribution in [2.45, 2.75) is 43.1 Å². The first kappa shape index (κ1) is 22.5. The quantitative estimate of drug-likeness (QED) is 0.468. The zero-order valence-corrected chi connectivity index (χ0v) is 18.7. The van der Waals surface area contributed by atoms with Crippen molar-refractivity contribution < 1.29 is 31.9 Å². The van der Waals surface area contributed by atoms with Gasteiger partial charge in [-0.2, -0.15) is 0 Å². The van der Waals surface area contributed by atoms with Crippen LogP contribution in [0, 0.1) is 5.82 Å². The van der Waals surface area contributed by atoms with Crippen molar-refractivity contribution in [2.24, 2.45) is 0 Å². The second-order valence-corrected chi connectivity index (χ2v) is 9.30. The molecule has 3 fully saturated rings. The maximum atomic E-state index is 13.5. The molecule has 0 radical (unpaired) electrons. The molecule has 0 atom stereocenters. The maximum absolute atomic E-state index is 13.5. The summed E-state index contributed by atoms with van der Waals surface area (Å²) in [7, 11) is 0. The topological polar surface area (TPSA) is 86.5 Å². The third kappa shape index (κ3) is 4.18. The predicted molar refractivity (Wildman–Crippen MR) is 114 cm³/mol. The minimum Gasteiger partial charge on any atom is -0.484 e. The van der Waals surface area contributed by atoms with Crippen molar-refractivity contribution in [2.75, 3.05) is 6.61 Å². The van der Waals surface area contributed by atoms with Gasteiger partial charge in [-0.15, -0.1) is 5.10 Å². The standard InChI is InChI=1S/C23H19ClF3N3O4/c1-21(26,27)13-2-4-14(5-3-13)33-20-30-29-19(34-20)22-10-23(11-22,12-22)28-18(31)9-32-15-6-7-16(24)17(25)8-15/h2-8H,9-12H2,1H3,(H,28,31). The molecule has 3 aliphatic rings. The SMILES string of the molecule is CC(F)(F)c1ccc(Oc2nnc(C34CC(NC(=O)COc5ccc(Cl)c(F)c5)(C3)C4)o2)cc1. The van der Waals surface area contributed by atoms with Gasteiger partial charge in [0.05, 0.1) is 10.4 Å². The number of halogens is 4. The number of carbonyl (C=O) groups is 1. The van der Waals surface area contributed by atoms with Crippen LogP contribution in [0.3, 0.4) is 0 Å². The Morgan fingerprint density at radius 3 is 2.47 bits per heavy atom. The lowest BCUT2D eigenvalue weighted by Gasteiger charge is -2.68. The van der Waals surface area contributed by atoms with E-state index < -0.39 is 11.7 Å². The van der Waals surface area contributed by atoms with E-state index >= 15 is 0 Å². The van der Waals surface area contributed by atoms with Crippen molar-refractivity contribution in [3.8, 4) is 17.6 Å². The summed E-state index contributed by atoms with van der Waals surface area (Å²) in [6.07, 6.45) is 1.80. The van der Waals surface area contributed by atoms with E-state index in [1.165, 1.54) is 36.4 Å². The number of nitrogens with one attached hydrogen (secondary N) is 1. The molecule has 3 saturated carbocycles. The smallest absolute Gasteiger partial charge is 0.420 e. The molecule has 6 rings (SSSR count). The molecule has 0 aliphatic heterocycles. The number of carbonyl (C=O) groups excluding carboxylic acids is 1. The number of nitrogens with zero attached hydrogens (tertiary/aromatic N) is 2. The molecule has 1 N–H and O–H groups in total. The lowest BCUT2D eigenvalue weighted by Crippen LogP contribution is -2.77. The van der Waals surface area contributed by atoms with E-state index in [4.69, 9.17) is 25.5 Å². The lowest BCUT2D eigenvalue weighted by atomic mass is 9.39. The van der Waals surface area contributed by atoms with E-state index in [9.17, 15) is 18.0 Å². The van der Waals surface area contributed by atoms with Crippen LogP contribution in [0.2, 0.25) is 5.02 Å². The van der Waals surface area contributed by atoms with Gasteiger partial charge in [0, 0.05) is 24.1 Å². The Labute approximate surface area is 197 Å². The van der Waals surface area contributed by atoms with Crippen LogP contribution in [0.4, 0.5) is 13.2 Å². The first-order valence-corrected chi connectivity index (χ1v) is 10.8. The third-order valence-corrected chi connectivity index (χ3v) is 6.43. The summed E-state index contributed by atoms with van der Waals surface area (Å²) in [5.74, 6) is -2.97. The first-order valence-electron chi connectivity index (χ1n) is 10.5. The van der Waals surface area contributed by atoms with Crippen molar-refractivity contribution in [3.63, 3.8) is 0 Å². The largest absolute Gasteiger partial charge is 0.484 e. The number of rotatable bonds is 8. The van der Waals surface area contributed by atoms with Crippen molar-refractivity contribution >= 4 is 17.5 Å². The maximum Gasteiger partial charge on any atom is 0.420 e. The molecular formula is C23H19ClF3N3O4. The number of aromatic nitrogens is 2. The summed E-state index contributed by atoms with van der Waals surface area (Å²) in [5, 5.41) is 10.9. The number of ether oxygens (including phenoxy) is 2.